The molecule has 0 aromatic heterocycles. The molecule has 0 aromatic rings. The quantitative estimate of drug-likeness (QED) is 0.349. The van der Waals surface area contributed by atoms with Crippen LogP contribution >= 0.6 is 8.25 Å². The number of nitrogens with two attached hydrogens (primary N) is 1. The van der Waals surface area contributed by atoms with E-state index >= 15 is 0 Å². The zero-order chi connectivity index (χ0) is 16.1. The van der Waals surface area contributed by atoms with Crippen molar-refractivity contribution in [3.8, 4) is 0 Å². The summed E-state index contributed by atoms with van der Waals surface area (Å²) in [5.41, 5.74) is 5.32. The molecule has 0 amide bonds. The van der Waals surface area contributed by atoms with Gasteiger partial charge >= 0.3 is 8.25 Å². The van der Waals surface area contributed by atoms with Crippen LogP contribution in [0.3, 0.4) is 0 Å². The number of aliphatic hydroxyl groups excluding tert-OH is 2. The zero-order valence-electron chi connectivity index (χ0n) is 11.9. The van der Waals surface area contributed by atoms with Crippen molar-refractivity contribution in [3.63, 3.8) is 0 Å². The summed E-state index contributed by atoms with van der Waals surface area (Å²) < 4.78 is 26.8. The van der Waals surface area contributed by atoms with E-state index in [9.17, 15) is 19.9 Å². The van der Waals surface area contributed by atoms with E-state index in [-0.39, 0.29) is 5.41 Å². The van der Waals surface area contributed by atoms with Crippen molar-refractivity contribution in [2.45, 2.75) is 55.5 Å². The topological polar surface area (TPSA) is 152 Å². The van der Waals surface area contributed by atoms with Gasteiger partial charge in [0.2, 0.25) is 0 Å². The minimum Gasteiger partial charge on any atom is -0.394 e. The number of hydrogen-bond acceptors (Lipinski definition) is 8. The van der Waals surface area contributed by atoms with Gasteiger partial charge in [0.05, 0.1) is 24.9 Å². The highest BCUT2D eigenvalue weighted by Gasteiger charge is 2.67. The summed E-state index contributed by atoms with van der Waals surface area (Å²) in [5.74, 6) is 0. The minimum absolute atomic E-state index is 0.0522. The van der Waals surface area contributed by atoms with E-state index in [4.69, 9.17) is 24.6 Å². The third kappa shape index (κ3) is 2.86. The van der Waals surface area contributed by atoms with Gasteiger partial charge in [-0.1, -0.05) is 0 Å². The molecule has 22 heavy (non-hydrogen) atoms. The van der Waals surface area contributed by atoms with E-state index in [1.54, 1.807) is 0 Å². The molecule has 1 aliphatic heterocycles. The van der Waals surface area contributed by atoms with E-state index in [1.165, 1.54) is 0 Å². The fraction of sp³-hybridized carbons (Fsp3) is 1.00. The lowest BCUT2D eigenvalue weighted by molar-refractivity contribution is -0.316. The van der Waals surface area contributed by atoms with Gasteiger partial charge in [-0.05, 0) is 19.3 Å². The summed E-state index contributed by atoms with van der Waals surface area (Å²) in [6.45, 7) is -0.159. The molecule has 3 saturated carbocycles. The van der Waals surface area contributed by atoms with E-state index in [2.05, 4.69) is 0 Å². The van der Waals surface area contributed by atoms with E-state index in [0.29, 0.717) is 25.9 Å². The monoisotopic (exact) mass is 339 g/mol. The molecule has 2 bridgehead atoms. The van der Waals surface area contributed by atoms with Gasteiger partial charge in [0.25, 0.3) is 0 Å². The molecule has 1 heterocycles. The largest absolute Gasteiger partial charge is 0.394 e. The summed E-state index contributed by atoms with van der Waals surface area (Å²) in [6.07, 6.45) is -2.42. The van der Waals surface area contributed by atoms with Crippen molar-refractivity contribution in [2.24, 2.45) is 11.1 Å². The Labute approximate surface area is 127 Å². The fourth-order valence-electron chi connectivity index (χ4n) is 3.85. The Bertz CT molecular complexity index is 443. The summed E-state index contributed by atoms with van der Waals surface area (Å²) in [4.78, 5) is 8.91. The van der Waals surface area contributed by atoms with Crippen LogP contribution in [-0.2, 0) is 18.6 Å². The highest BCUT2D eigenvalue weighted by molar-refractivity contribution is 7.32. The number of hydrogen-bond donors (Lipinski definition) is 5. The highest BCUT2D eigenvalue weighted by atomic mass is 31.1. The van der Waals surface area contributed by atoms with Gasteiger partial charge in [0, 0.05) is 5.41 Å². The Morgan fingerprint density at radius 3 is 2.50 bits per heavy atom. The van der Waals surface area contributed by atoms with Crippen molar-refractivity contribution in [2.75, 3.05) is 13.2 Å². The second-order valence-corrected chi connectivity index (χ2v) is 7.48. The second kappa shape index (κ2) is 5.77. The first kappa shape index (κ1) is 16.8. The van der Waals surface area contributed by atoms with Gasteiger partial charge in [-0.3, -0.25) is 4.57 Å². The van der Waals surface area contributed by atoms with Crippen LogP contribution < -0.4 is 5.73 Å². The van der Waals surface area contributed by atoms with Crippen LogP contribution in [0.4, 0.5) is 0 Å². The smallest absolute Gasteiger partial charge is 0.316 e. The van der Waals surface area contributed by atoms with Gasteiger partial charge in [-0.15, -0.1) is 0 Å². The molecule has 0 radical (unpaired) electrons. The molecule has 6 N–H and O–H groups in total. The zero-order valence-corrected chi connectivity index (χ0v) is 12.9. The Morgan fingerprint density at radius 2 is 2.00 bits per heavy atom. The van der Waals surface area contributed by atoms with Crippen molar-refractivity contribution in [1.82, 2.24) is 0 Å². The molecule has 128 valence electrons. The Kier molecular flexibility index (Phi) is 4.39. The van der Waals surface area contributed by atoms with Gasteiger partial charge in [-0.25, -0.2) is 0 Å². The lowest BCUT2D eigenvalue weighted by Crippen LogP contribution is -2.69. The Balaban J connectivity index is 1.60. The molecular weight excluding hydrogens is 317 g/mol. The maximum Gasteiger partial charge on any atom is 0.316 e. The number of rotatable bonds is 6. The molecule has 0 aromatic carbocycles. The Morgan fingerprint density at radius 1 is 1.36 bits per heavy atom. The van der Waals surface area contributed by atoms with Gasteiger partial charge in [0.1, 0.15) is 18.3 Å². The Hall–Kier alpha value is -0.0900. The van der Waals surface area contributed by atoms with Crippen LogP contribution in [0.5, 0.6) is 0 Å². The molecule has 4 aliphatic rings. The normalized spacial score (nSPS) is 51.8. The molecule has 6 unspecified atom stereocenters. The van der Waals surface area contributed by atoms with Crippen LogP contribution in [-0.4, -0.2) is 69.7 Å². The molecule has 10 heteroatoms. The molecular formula is C12H22NO8P. The predicted molar refractivity (Wildman–Crippen MR) is 73.0 cm³/mol. The SMILES string of the molecule is NC1C(OCC23CC(O)(C2)C3)OC(CO)C(O)C1O[PH](=O)O. The molecule has 6 atom stereocenters. The maximum atomic E-state index is 10.9. The molecule has 9 nitrogen and oxygen atoms in total. The van der Waals surface area contributed by atoms with Gasteiger partial charge in [-0.2, -0.15) is 0 Å². The average molecular weight is 339 g/mol. The van der Waals surface area contributed by atoms with E-state index in [1.807, 2.05) is 0 Å². The summed E-state index contributed by atoms with van der Waals surface area (Å²) in [6, 6.07) is -0.964. The standard InChI is InChI=1S/C12H22NO8P/c13-7-9(21-22(17)18)8(15)6(1-14)20-10(7)19-5-11-2-12(16,3-11)4-11/h6-10,14-16,22H,1-5,13H2,(H,17,18). The molecule has 4 fully saturated rings. The van der Waals surface area contributed by atoms with E-state index in [0.717, 1.165) is 0 Å². The molecule has 4 rings (SSSR count). The number of ether oxygens (including phenoxy) is 2. The van der Waals surface area contributed by atoms with Gasteiger partial charge < -0.3 is 39.9 Å². The first-order valence-electron chi connectivity index (χ1n) is 7.21. The van der Waals surface area contributed by atoms with Crippen molar-refractivity contribution in [3.05, 3.63) is 0 Å². The van der Waals surface area contributed by atoms with Crippen molar-refractivity contribution in [1.29, 1.82) is 0 Å². The van der Waals surface area contributed by atoms with Crippen LogP contribution in [0.1, 0.15) is 19.3 Å². The lowest BCUT2D eigenvalue weighted by Gasteiger charge is -2.67. The van der Waals surface area contributed by atoms with Crippen molar-refractivity contribution < 1.29 is 38.8 Å². The van der Waals surface area contributed by atoms with Gasteiger partial charge in [0.15, 0.2) is 6.29 Å². The second-order valence-electron chi connectivity index (χ2n) is 6.71. The van der Waals surface area contributed by atoms with E-state index < -0.39 is 51.1 Å². The summed E-state index contributed by atoms with van der Waals surface area (Å²) in [7, 11) is -3.31. The molecule has 0 spiro atoms. The molecule has 1 saturated heterocycles. The summed E-state index contributed by atoms with van der Waals surface area (Å²) in [5, 5.41) is 29.0. The third-order valence-electron chi connectivity index (χ3n) is 4.80. The first-order valence-corrected chi connectivity index (χ1v) is 8.47. The first-order chi connectivity index (χ1) is 10.3. The average Bonchev–Trinajstić information content (AvgIpc) is 2.38. The van der Waals surface area contributed by atoms with Crippen LogP contribution in [0.2, 0.25) is 0 Å². The summed E-state index contributed by atoms with van der Waals surface area (Å²) >= 11 is 0. The third-order valence-corrected chi connectivity index (χ3v) is 5.28. The minimum atomic E-state index is -3.31. The number of aliphatic hydroxyl groups is 3. The molecule has 3 aliphatic carbocycles. The van der Waals surface area contributed by atoms with Crippen LogP contribution in [0, 0.1) is 5.41 Å². The van der Waals surface area contributed by atoms with Crippen LogP contribution in [0.25, 0.3) is 0 Å². The highest BCUT2D eigenvalue weighted by Crippen LogP contribution is 2.67. The lowest BCUT2D eigenvalue weighted by atomic mass is 9.41. The maximum absolute atomic E-state index is 10.9. The van der Waals surface area contributed by atoms with Crippen molar-refractivity contribution >= 4 is 8.25 Å². The predicted octanol–water partition coefficient (Wildman–Crippen LogP) is -1.91. The van der Waals surface area contributed by atoms with Crippen LogP contribution in [0.15, 0.2) is 0 Å². The fourth-order valence-corrected chi connectivity index (χ4v) is 4.38.